The number of hydrogen-bond donors (Lipinski definition) is 1. The van der Waals surface area contributed by atoms with E-state index in [9.17, 15) is 13.2 Å². The fraction of sp³-hybridized carbons (Fsp3) is 0.409. The zero-order valence-electron chi connectivity index (χ0n) is 17.3. The van der Waals surface area contributed by atoms with Crippen molar-refractivity contribution in [2.75, 3.05) is 23.7 Å². The molecule has 0 saturated heterocycles. The van der Waals surface area contributed by atoms with E-state index in [1.807, 2.05) is 42.5 Å². The Balaban J connectivity index is 1.77. The molecule has 3 rings (SSSR count). The Bertz CT molecular complexity index is 982. The molecule has 0 unspecified atom stereocenters. The molecule has 0 aromatic heterocycles. The Hall–Kier alpha value is -2.54. The second kappa shape index (κ2) is 8.06. The van der Waals surface area contributed by atoms with Crippen molar-refractivity contribution in [3.8, 4) is 5.75 Å². The van der Waals surface area contributed by atoms with Crippen LogP contribution < -0.4 is 14.4 Å². The molecule has 1 amide bonds. The standard InChI is InChI=1S/C22H28N2O4S/c1-22(2,3)17-10-11-19-18(14-17)24(29(4,26)27)15-20(28-19)21(25)23-13-12-16-8-6-5-7-9-16/h5-11,14,20H,12-13,15H2,1-4H3,(H,23,25)/t20-/m1/s1. The Labute approximate surface area is 172 Å². The lowest BCUT2D eigenvalue weighted by molar-refractivity contribution is -0.127. The number of ether oxygens (including phenoxy) is 1. The Morgan fingerprint density at radius 1 is 1.17 bits per heavy atom. The van der Waals surface area contributed by atoms with Gasteiger partial charge in [-0.1, -0.05) is 57.2 Å². The number of anilines is 1. The maximum Gasteiger partial charge on any atom is 0.263 e. The minimum absolute atomic E-state index is 0.0450. The van der Waals surface area contributed by atoms with E-state index in [1.54, 1.807) is 6.07 Å². The van der Waals surface area contributed by atoms with Crippen LogP contribution in [-0.2, 0) is 26.7 Å². The van der Waals surface area contributed by atoms with Gasteiger partial charge in [0.15, 0.2) is 6.10 Å². The van der Waals surface area contributed by atoms with Crippen LogP contribution in [-0.4, -0.2) is 39.8 Å². The number of nitrogens with one attached hydrogen (secondary N) is 1. The minimum atomic E-state index is -3.56. The predicted molar refractivity (Wildman–Crippen MR) is 115 cm³/mol. The average molecular weight is 417 g/mol. The molecular weight excluding hydrogens is 388 g/mol. The Kier molecular flexibility index (Phi) is 5.89. The van der Waals surface area contributed by atoms with Gasteiger partial charge in [-0.25, -0.2) is 8.42 Å². The molecule has 1 atom stereocenters. The highest BCUT2D eigenvalue weighted by Gasteiger charge is 2.35. The zero-order chi connectivity index (χ0) is 21.2. The molecule has 0 radical (unpaired) electrons. The highest BCUT2D eigenvalue weighted by Crippen LogP contribution is 2.38. The van der Waals surface area contributed by atoms with Crippen LogP contribution in [0, 0.1) is 0 Å². The number of sulfonamides is 1. The van der Waals surface area contributed by atoms with E-state index in [0.29, 0.717) is 24.4 Å². The van der Waals surface area contributed by atoms with Gasteiger partial charge in [-0.15, -0.1) is 0 Å². The van der Waals surface area contributed by atoms with Crippen molar-refractivity contribution in [3.63, 3.8) is 0 Å². The van der Waals surface area contributed by atoms with Crippen LogP contribution in [0.25, 0.3) is 0 Å². The summed E-state index contributed by atoms with van der Waals surface area (Å²) in [5.41, 5.74) is 2.46. The molecule has 0 saturated carbocycles. The van der Waals surface area contributed by atoms with Gasteiger partial charge in [-0.05, 0) is 35.1 Å². The van der Waals surface area contributed by atoms with Gasteiger partial charge in [-0.2, -0.15) is 0 Å². The van der Waals surface area contributed by atoms with Gasteiger partial charge in [0.2, 0.25) is 10.0 Å². The molecule has 1 aliphatic heterocycles. The molecule has 0 bridgehead atoms. The van der Waals surface area contributed by atoms with Crippen molar-refractivity contribution in [1.82, 2.24) is 5.32 Å². The molecule has 0 fully saturated rings. The Morgan fingerprint density at radius 2 is 1.86 bits per heavy atom. The smallest absolute Gasteiger partial charge is 0.263 e. The van der Waals surface area contributed by atoms with Crippen molar-refractivity contribution >= 4 is 21.6 Å². The van der Waals surface area contributed by atoms with Crippen LogP contribution in [0.5, 0.6) is 5.75 Å². The third kappa shape index (κ3) is 5.09. The lowest BCUT2D eigenvalue weighted by Crippen LogP contribution is -2.50. The van der Waals surface area contributed by atoms with E-state index in [1.165, 1.54) is 4.31 Å². The number of amides is 1. The number of benzene rings is 2. The van der Waals surface area contributed by atoms with Crippen molar-refractivity contribution in [3.05, 3.63) is 59.7 Å². The van der Waals surface area contributed by atoms with Crippen molar-refractivity contribution in [2.24, 2.45) is 0 Å². The van der Waals surface area contributed by atoms with Gasteiger partial charge in [0.25, 0.3) is 5.91 Å². The third-order valence-corrected chi connectivity index (χ3v) is 6.09. The Morgan fingerprint density at radius 3 is 2.48 bits per heavy atom. The number of hydrogen-bond acceptors (Lipinski definition) is 4. The summed E-state index contributed by atoms with van der Waals surface area (Å²) in [4.78, 5) is 12.6. The highest BCUT2D eigenvalue weighted by atomic mass is 32.2. The first kappa shape index (κ1) is 21.2. The third-order valence-electron chi connectivity index (χ3n) is 4.94. The van der Waals surface area contributed by atoms with E-state index >= 15 is 0 Å². The lowest BCUT2D eigenvalue weighted by atomic mass is 9.86. The number of carbonyl (C=O) groups is 1. The van der Waals surface area contributed by atoms with Crippen molar-refractivity contribution < 1.29 is 17.9 Å². The van der Waals surface area contributed by atoms with Gasteiger partial charge in [0.1, 0.15) is 5.75 Å². The zero-order valence-corrected chi connectivity index (χ0v) is 18.1. The minimum Gasteiger partial charge on any atom is -0.476 e. The van der Waals surface area contributed by atoms with Gasteiger partial charge in [-0.3, -0.25) is 9.10 Å². The summed E-state index contributed by atoms with van der Waals surface area (Å²) in [7, 11) is -3.56. The van der Waals surface area contributed by atoms with Crippen molar-refractivity contribution in [2.45, 2.75) is 38.7 Å². The maximum atomic E-state index is 12.6. The molecule has 6 nitrogen and oxygen atoms in total. The summed E-state index contributed by atoms with van der Waals surface area (Å²) in [6.45, 7) is 6.60. The summed E-state index contributed by atoms with van der Waals surface area (Å²) < 4.78 is 32.0. The first-order chi connectivity index (χ1) is 13.6. The second-order valence-electron chi connectivity index (χ2n) is 8.36. The fourth-order valence-corrected chi connectivity index (χ4v) is 4.16. The van der Waals surface area contributed by atoms with Crippen LogP contribution in [0.2, 0.25) is 0 Å². The molecule has 0 aliphatic carbocycles. The number of fused-ring (bicyclic) bond motifs is 1. The SMILES string of the molecule is CC(C)(C)c1ccc2c(c1)N(S(C)(=O)=O)C[C@H](C(=O)NCCc1ccccc1)O2. The highest BCUT2D eigenvalue weighted by molar-refractivity contribution is 7.92. The maximum absolute atomic E-state index is 12.6. The van der Waals surface area contributed by atoms with Gasteiger partial charge in [0, 0.05) is 6.54 Å². The summed E-state index contributed by atoms with van der Waals surface area (Å²) in [5.74, 6) is 0.0815. The van der Waals surface area contributed by atoms with Crippen LogP contribution >= 0.6 is 0 Å². The number of rotatable bonds is 5. The van der Waals surface area contributed by atoms with E-state index in [2.05, 4.69) is 26.1 Å². The van der Waals surface area contributed by atoms with Gasteiger partial charge >= 0.3 is 0 Å². The van der Waals surface area contributed by atoms with E-state index in [-0.39, 0.29) is 17.9 Å². The van der Waals surface area contributed by atoms with E-state index < -0.39 is 16.1 Å². The summed E-state index contributed by atoms with van der Waals surface area (Å²) >= 11 is 0. The van der Waals surface area contributed by atoms with Crippen molar-refractivity contribution in [1.29, 1.82) is 0 Å². The lowest BCUT2D eigenvalue weighted by Gasteiger charge is -2.35. The second-order valence-corrected chi connectivity index (χ2v) is 10.3. The molecular formula is C22H28N2O4S. The number of nitrogens with zero attached hydrogens (tertiary/aromatic N) is 1. The molecule has 29 heavy (non-hydrogen) atoms. The van der Waals surface area contributed by atoms with Gasteiger partial charge < -0.3 is 10.1 Å². The first-order valence-electron chi connectivity index (χ1n) is 9.66. The largest absolute Gasteiger partial charge is 0.476 e. The topological polar surface area (TPSA) is 75.7 Å². The molecule has 0 spiro atoms. The predicted octanol–water partition coefficient (Wildman–Crippen LogP) is 2.87. The molecule has 2 aromatic rings. The van der Waals surface area contributed by atoms with Crippen LogP contribution in [0.15, 0.2) is 48.5 Å². The molecule has 1 N–H and O–H groups in total. The summed E-state index contributed by atoms with van der Waals surface area (Å²) in [6.07, 6.45) is 0.949. The molecule has 7 heteroatoms. The van der Waals surface area contributed by atoms with Crippen LogP contribution in [0.3, 0.4) is 0 Å². The monoisotopic (exact) mass is 416 g/mol. The van der Waals surface area contributed by atoms with Gasteiger partial charge in [0.05, 0.1) is 18.5 Å². The quantitative estimate of drug-likeness (QED) is 0.813. The molecule has 1 aliphatic rings. The van der Waals surface area contributed by atoms with E-state index in [0.717, 1.165) is 17.4 Å². The molecule has 156 valence electrons. The summed E-state index contributed by atoms with van der Waals surface area (Å²) in [5, 5.41) is 2.85. The first-order valence-corrected chi connectivity index (χ1v) is 11.5. The average Bonchev–Trinajstić information content (AvgIpc) is 2.66. The normalized spacial score (nSPS) is 16.7. The molecule has 2 aromatic carbocycles. The molecule has 1 heterocycles. The van der Waals surface area contributed by atoms with E-state index in [4.69, 9.17) is 4.74 Å². The summed E-state index contributed by atoms with van der Waals surface area (Å²) in [6, 6.07) is 15.3. The van der Waals surface area contributed by atoms with Crippen LogP contribution in [0.1, 0.15) is 31.9 Å². The van der Waals surface area contributed by atoms with Crippen LogP contribution in [0.4, 0.5) is 5.69 Å². The number of carbonyl (C=O) groups excluding carboxylic acids is 1. The fourth-order valence-electron chi connectivity index (χ4n) is 3.26.